The molecule has 0 aromatic heterocycles. The smallest absolute Gasteiger partial charge is 0.0810 e. The van der Waals surface area contributed by atoms with Crippen molar-refractivity contribution < 1.29 is 4.74 Å². The normalized spacial score (nSPS) is 21.9. The average Bonchev–Trinajstić information content (AvgIpc) is 2.71. The van der Waals surface area contributed by atoms with Crippen LogP contribution in [0.15, 0.2) is 17.9 Å². The van der Waals surface area contributed by atoms with Crippen LogP contribution in [0.25, 0.3) is 0 Å². The van der Waals surface area contributed by atoms with E-state index in [1.807, 2.05) is 0 Å². The first kappa shape index (κ1) is 7.59. The third-order valence-electron chi connectivity index (χ3n) is 1.78. The van der Waals surface area contributed by atoms with Crippen LogP contribution < -0.4 is 0 Å². The molecule has 1 aliphatic rings. The minimum absolute atomic E-state index is 0.581. The molecule has 1 nitrogen and oxygen atoms in total. The molecule has 0 N–H and O–H groups in total. The van der Waals surface area contributed by atoms with Gasteiger partial charge in [-0.3, -0.25) is 0 Å². The molecule has 0 aromatic carbocycles. The number of ether oxygens (including phenoxy) is 1. The lowest BCUT2D eigenvalue weighted by Crippen LogP contribution is -1.85. The van der Waals surface area contributed by atoms with Gasteiger partial charge in [0.15, 0.2) is 0 Å². The highest BCUT2D eigenvalue weighted by Gasteiger charge is 2.20. The Kier molecular flexibility index (Phi) is 2.73. The van der Waals surface area contributed by atoms with Gasteiger partial charge in [0.2, 0.25) is 0 Å². The summed E-state index contributed by atoms with van der Waals surface area (Å²) in [4.78, 5) is 0. The fourth-order valence-corrected chi connectivity index (χ4v) is 0.918. The van der Waals surface area contributed by atoms with Gasteiger partial charge in [0.25, 0.3) is 0 Å². The molecule has 1 unspecified atom stereocenters. The van der Waals surface area contributed by atoms with Crippen LogP contribution in [0.1, 0.15) is 26.2 Å². The van der Waals surface area contributed by atoms with Gasteiger partial charge in [-0.25, -0.2) is 0 Å². The number of hydrogen-bond acceptors (Lipinski definition) is 1. The maximum atomic E-state index is 5.08. The summed E-state index contributed by atoms with van der Waals surface area (Å²) in [6, 6.07) is 0. The molecule has 1 fully saturated rings. The molecule has 0 saturated carbocycles. The van der Waals surface area contributed by atoms with E-state index in [1.165, 1.54) is 18.4 Å². The van der Waals surface area contributed by atoms with Crippen LogP contribution in [-0.2, 0) is 4.74 Å². The molecule has 1 saturated heterocycles. The van der Waals surface area contributed by atoms with Gasteiger partial charge >= 0.3 is 0 Å². The minimum Gasteiger partial charge on any atom is -0.373 e. The van der Waals surface area contributed by atoms with E-state index in [-0.39, 0.29) is 0 Å². The van der Waals surface area contributed by atoms with Crippen LogP contribution in [-0.4, -0.2) is 12.7 Å². The zero-order valence-electron chi connectivity index (χ0n) is 6.52. The van der Waals surface area contributed by atoms with Crippen molar-refractivity contribution in [2.24, 2.45) is 0 Å². The first-order valence-corrected chi connectivity index (χ1v) is 3.80. The van der Waals surface area contributed by atoms with E-state index in [0.717, 1.165) is 13.0 Å². The lowest BCUT2D eigenvalue weighted by molar-refractivity contribution is 0.392. The summed E-state index contributed by atoms with van der Waals surface area (Å²) in [5.41, 5.74) is 4.15. The molecule has 10 heavy (non-hydrogen) atoms. The predicted octanol–water partition coefficient (Wildman–Crippen LogP) is 2.29. The van der Waals surface area contributed by atoms with Crippen molar-refractivity contribution in [2.75, 3.05) is 6.61 Å². The topological polar surface area (TPSA) is 12.5 Å². The second kappa shape index (κ2) is 3.60. The fourth-order valence-electron chi connectivity index (χ4n) is 0.918. The van der Waals surface area contributed by atoms with Gasteiger partial charge < -0.3 is 4.74 Å². The summed E-state index contributed by atoms with van der Waals surface area (Å²) in [5.74, 6) is 0. The second-order valence-electron chi connectivity index (χ2n) is 2.80. The van der Waals surface area contributed by atoms with E-state index in [0.29, 0.717) is 6.10 Å². The molecule has 56 valence electrons. The first-order valence-electron chi connectivity index (χ1n) is 3.80. The molecule has 1 heterocycles. The van der Waals surface area contributed by atoms with Crippen molar-refractivity contribution in [3.63, 3.8) is 0 Å². The highest BCUT2D eigenvalue weighted by atomic mass is 16.6. The molecule has 0 aromatic rings. The number of allylic oxidation sites excluding steroid dienone is 1. The molecular formula is C9H14O. The van der Waals surface area contributed by atoms with Crippen LogP contribution in [0, 0.1) is 0 Å². The molecule has 0 amide bonds. The van der Waals surface area contributed by atoms with E-state index in [2.05, 4.69) is 19.2 Å². The molecule has 0 aliphatic carbocycles. The van der Waals surface area contributed by atoms with Crippen molar-refractivity contribution in [1.29, 1.82) is 0 Å². The monoisotopic (exact) mass is 138 g/mol. The Morgan fingerprint density at radius 1 is 1.80 bits per heavy atom. The van der Waals surface area contributed by atoms with Gasteiger partial charge in [0, 0.05) is 0 Å². The summed E-state index contributed by atoms with van der Waals surface area (Å²) in [6.45, 7) is 6.63. The van der Waals surface area contributed by atoms with Crippen LogP contribution in [0.5, 0.6) is 0 Å². The van der Waals surface area contributed by atoms with Crippen molar-refractivity contribution in [2.45, 2.75) is 32.3 Å². The Balaban J connectivity index is 1.98. The van der Waals surface area contributed by atoms with Crippen molar-refractivity contribution in [3.05, 3.63) is 17.9 Å². The van der Waals surface area contributed by atoms with Crippen LogP contribution in [0.3, 0.4) is 0 Å². The summed E-state index contributed by atoms with van der Waals surface area (Å²) in [5, 5.41) is 0. The van der Waals surface area contributed by atoms with Gasteiger partial charge in [0.1, 0.15) is 0 Å². The predicted molar refractivity (Wildman–Crippen MR) is 41.9 cm³/mol. The molecule has 1 atom stereocenters. The first-order chi connectivity index (χ1) is 4.83. The zero-order valence-corrected chi connectivity index (χ0v) is 6.52. The van der Waals surface area contributed by atoms with E-state index in [4.69, 9.17) is 4.74 Å². The SMILES string of the molecule is C=C=C(C)CCCC1CO1. The van der Waals surface area contributed by atoms with E-state index in [9.17, 15) is 0 Å². The summed E-state index contributed by atoms with van der Waals surface area (Å²) in [6.07, 6.45) is 4.14. The van der Waals surface area contributed by atoms with Gasteiger partial charge in [-0.2, -0.15) is 0 Å². The van der Waals surface area contributed by atoms with Crippen molar-refractivity contribution in [3.8, 4) is 0 Å². The van der Waals surface area contributed by atoms with Crippen molar-refractivity contribution >= 4 is 0 Å². The standard InChI is InChI=1S/C9H14O/c1-3-8(2)5-4-6-9-7-10-9/h9H,1,4-7H2,2H3. The molecule has 1 rings (SSSR count). The van der Waals surface area contributed by atoms with Gasteiger partial charge in [-0.15, -0.1) is 5.73 Å². The van der Waals surface area contributed by atoms with Crippen LogP contribution in [0.4, 0.5) is 0 Å². The third-order valence-corrected chi connectivity index (χ3v) is 1.78. The molecule has 0 radical (unpaired) electrons. The lowest BCUT2D eigenvalue weighted by Gasteiger charge is -1.94. The lowest BCUT2D eigenvalue weighted by atomic mass is 10.1. The second-order valence-corrected chi connectivity index (χ2v) is 2.80. The maximum absolute atomic E-state index is 5.08. The average molecular weight is 138 g/mol. The van der Waals surface area contributed by atoms with Gasteiger partial charge in [-0.05, 0) is 31.8 Å². The highest BCUT2D eigenvalue weighted by molar-refractivity contribution is 4.93. The van der Waals surface area contributed by atoms with Crippen molar-refractivity contribution in [1.82, 2.24) is 0 Å². The number of epoxide rings is 1. The van der Waals surface area contributed by atoms with E-state index in [1.54, 1.807) is 0 Å². The quantitative estimate of drug-likeness (QED) is 0.429. The summed E-state index contributed by atoms with van der Waals surface area (Å²) < 4.78 is 5.08. The Morgan fingerprint density at radius 3 is 3.00 bits per heavy atom. The summed E-state index contributed by atoms with van der Waals surface area (Å²) >= 11 is 0. The molecule has 1 aliphatic heterocycles. The van der Waals surface area contributed by atoms with E-state index < -0.39 is 0 Å². The number of rotatable bonds is 4. The van der Waals surface area contributed by atoms with Crippen LogP contribution in [0.2, 0.25) is 0 Å². The fraction of sp³-hybridized carbons (Fsp3) is 0.667. The molecule has 1 heteroatoms. The third kappa shape index (κ3) is 2.86. The Morgan fingerprint density at radius 2 is 2.50 bits per heavy atom. The van der Waals surface area contributed by atoms with Crippen LogP contribution >= 0.6 is 0 Å². The Hall–Kier alpha value is -0.520. The zero-order chi connectivity index (χ0) is 7.40. The molecular weight excluding hydrogens is 124 g/mol. The Bertz CT molecular complexity index is 150. The van der Waals surface area contributed by atoms with E-state index >= 15 is 0 Å². The summed E-state index contributed by atoms with van der Waals surface area (Å²) in [7, 11) is 0. The highest BCUT2D eigenvalue weighted by Crippen LogP contribution is 2.17. The maximum Gasteiger partial charge on any atom is 0.0810 e. The minimum atomic E-state index is 0.581. The van der Waals surface area contributed by atoms with Gasteiger partial charge in [-0.1, -0.05) is 6.58 Å². The van der Waals surface area contributed by atoms with Gasteiger partial charge in [0.05, 0.1) is 12.7 Å². The Labute approximate surface area is 62.4 Å². The molecule has 0 spiro atoms. The molecule has 0 bridgehead atoms. The largest absolute Gasteiger partial charge is 0.373 e. The number of hydrogen-bond donors (Lipinski definition) is 0.